The zero-order chi connectivity index (χ0) is 20.1. The van der Waals surface area contributed by atoms with Crippen molar-refractivity contribution >= 4 is 34.7 Å². The van der Waals surface area contributed by atoms with Crippen LogP contribution in [0.5, 0.6) is 11.5 Å². The second kappa shape index (κ2) is 8.63. The van der Waals surface area contributed by atoms with E-state index in [4.69, 9.17) is 21.1 Å². The van der Waals surface area contributed by atoms with Gasteiger partial charge in [-0.1, -0.05) is 29.8 Å². The Kier molecular flexibility index (Phi) is 6.01. The lowest BCUT2D eigenvalue weighted by atomic mass is 10.2. The number of carbonyl (C=O) groups excluding carboxylic acids is 1. The number of hydrogen-bond donors (Lipinski definition) is 2. The van der Waals surface area contributed by atoms with Crippen molar-refractivity contribution in [2.75, 3.05) is 24.9 Å². The van der Waals surface area contributed by atoms with Crippen LogP contribution >= 0.6 is 11.6 Å². The van der Waals surface area contributed by atoms with E-state index in [-0.39, 0.29) is 5.91 Å². The molecule has 0 atom stereocenters. The van der Waals surface area contributed by atoms with E-state index in [0.717, 1.165) is 11.3 Å². The predicted molar refractivity (Wildman–Crippen MR) is 111 cm³/mol. The van der Waals surface area contributed by atoms with Crippen LogP contribution in [0.3, 0.4) is 0 Å². The van der Waals surface area contributed by atoms with Crippen molar-refractivity contribution in [2.24, 2.45) is 0 Å². The van der Waals surface area contributed by atoms with Crippen LogP contribution in [0.4, 0.5) is 17.2 Å². The minimum Gasteiger partial charge on any atom is -0.495 e. The smallest absolute Gasteiger partial charge is 0.257 e. The number of benzene rings is 2. The average molecular weight is 398 g/mol. The molecular weight excluding hydrogens is 378 g/mol. The summed E-state index contributed by atoms with van der Waals surface area (Å²) < 4.78 is 10.5. The van der Waals surface area contributed by atoms with E-state index in [1.165, 1.54) is 20.4 Å². The van der Waals surface area contributed by atoms with E-state index in [9.17, 15) is 4.79 Å². The third-order valence-corrected chi connectivity index (χ3v) is 4.45. The first-order chi connectivity index (χ1) is 13.5. The first-order valence-electron chi connectivity index (χ1n) is 8.53. The molecule has 3 rings (SSSR count). The van der Waals surface area contributed by atoms with Gasteiger partial charge in [0.2, 0.25) is 0 Å². The van der Waals surface area contributed by atoms with Crippen LogP contribution in [0.15, 0.2) is 54.7 Å². The van der Waals surface area contributed by atoms with Crippen molar-refractivity contribution in [3.63, 3.8) is 0 Å². The fourth-order valence-corrected chi connectivity index (χ4v) is 2.84. The summed E-state index contributed by atoms with van der Waals surface area (Å²) in [5.41, 5.74) is 2.93. The molecule has 2 N–H and O–H groups in total. The number of methoxy groups -OCH3 is 2. The molecule has 2 aromatic carbocycles. The Morgan fingerprint density at radius 2 is 1.75 bits per heavy atom. The quantitative estimate of drug-likeness (QED) is 0.608. The number of amides is 1. The van der Waals surface area contributed by atoms with Crippen LogP contribution in [0.1, 0.15) is 15.9 Å². The fraction of sp³-hybridized carbons (Fsp3) is 0.143. The number of aryl methyl sites for hydroxylation is 1. The van der Waals surface area contributed by atoms with Crippen molar-refractivity contribution in [1.82, 2.24) is 4.98 Å². The molecule has 0 aliphatic heterocycles. The summed E-state index contributed by atoms with van der Waals surface area (Å²) in [6.45, 7) is 2.01. The lowest BCUT2D eigenvalue weighted by Crippen LogP contribution is -2.13. The molecule has 0 spiro atoms. The van der Waals surface area contributed by atoms with Crippen molar-refractivity contribution in [2.45, 2.75) is 6.92 Å². The summed E-state index contributed by atoms with van der Waals surface area (Å²) in [5, 5.41) is 6.42. The van der Waals surface area contributed by atoms with E-state index in [1.807, 2.05) is 31.2 Å². The standard InChI is InChI=1S/C21H20ClN3O3/c1-13-6-4-5-7-16(13)24-20-9-8-14(12-23-20)21(26)25-17-11-18(27-2)15(22)10-19(17)28-3/h4-12H,1-3H3,(H,23,24)(H,25,26). The zero-order valence-electron chi connectivity index (χ0n) is 15.7. The second-order valence-electron chi connectivity index (χ2n) is 6.01. The molecule has 1 aromatic heterocycles. The van der Waals surface area contributed by atoms with Gasteiger partial charge in [0.05, 0.1) is 30.5 Å². The van der Waals surface area contributed by atoms with Crippen molar-refractivity contribution in [3.05, 3.63) is 70.9 Å². The van der Waals surface area contributed by atoms with E-state index in [1.54, 1.807) is 24.3 Å². The molecule has 1 amide bonds. The maximum absolute atomic E-state index is 12.6. The molecule has 0 bridgehead atoms. The number of aromatic nitrogens is 1. The highest BCUT2D eigenvalue weighted by atomic mass is 35.5. The van der Waals surface area contributed by atoms with Crippen LogP contribution in [0.2, 0.25) is 5.02 Å². The maximum Gasteiger partial charge on any atom is 0.257 e. The molecule has 0 unspecified atom stereocenters. The summed E-state index contributed by atoms with van der Waals surface area (Å²) in [7, 11) is 3.00. The molecule has 0 radical (unpaired) electrons. The van der Waals surface area contributed by atoms with Gasteiger partial charge < -0.3 is 20.1 Å². The highest BCUT2D eigenvalue weighted by Gasteiger charge is 2.14. The number of para-hydroxylation sites is 1. The predicted octanol–water partition coefficient (Wildman–Crippen LogP) is 5.06. The topological polar surface area (TPSA) is 72.5 Å². The third kappa shape index (κ3) is 4.35. The Morgan fingerprint density at radius 3 is 2.39 bits per heavy atom. The number of halogens is 1. The lowest BCUT2D eigenvalue weighted by Gasteiger charge is -2.13. The van der Waals surface area contributed by atoms with Crippen molar-refractivity contribution < 1.29 is 14.3 Å². The molecule has 144 valence electrons. The van der Waals surface area contributed by atoms with Crippen molar-refractivity contribution in [1.29, 1.82) is 0 Å². The van der Waals surface area contributed by atoms with E-state index >= 15 is 0 Å². The van der Waals surface area contributed by atoms with Gasteiger partial charge in [0.1, 0.15) is 17.3 Å². The Bertz CT molecular complexity index is 991. The van der Waals surface area contributed by atoms with Gasteiger partial charge in [-0.15, -0.1) is 0 Å². The normalized spacial score (nSPS) is 10.3. The SMILES string of the molecule is COc1cc(NC(=O)c2ccc(Nc3ccccc3C)nc2)c(OC)cc1Cl. The average Bonchev–Trinajstić information content (AvgIpc) is 2.71. The summed E-state index contributed by atoms with van der Waals surface area (Å²) in [6, 6.07) is 14.6. The molecule has 1 heterocycles. The summed E-state index contributed by atoms with van der Waals surface area (Å²) >= 11 is 6.09. The first kappa shape index (κ1) is 19.5. The van der Waals surface area contributed by atoms with Crippen LogP contribution in [0.25, 0.3) is 0 Å². The highest BCUT2D eigenvalue weighted by molar-refractivity contribution is 6.32. The summed E-state index contributed by atoms with van der Waals surface area (Å²) in [6.07, 6.45) is 1.51. The number of hydrogen-bond acceptors (Lipinski definition) is 5. The van der Waals surface area contributed by atoms with Gasteiger partial charge in [-0.3, -0.25) is 4.79 Å². The molecular formula is C21H20ClN3O3. The molecule has 0 aliphatic rings. The Morgan fingerprint density at radius 1 is 1.00 bits per heavy atom. The van der Waals surface area contributed by atoms with E-state index in [2.05, 4.69) is 15.6 Å². The maximum atomic E-state index is 12.6. The minimum atomic E-state index is -0.322. The van der Waals surface area contributed by atoms with Crippen LogP contribution in [0, 0.1) is 6.92 Å². The van der Waals surface area contributed by atoms with Gasteiger partial charge in [0, 0.05) is 24.0 Å². The molecule has 3 aromatic rings. The number of ether oxygens (including phenoxy) is 2. The number of rotatable bonds is 6. The van der Waals surface area contributed by atoms with Gasteiger partial charge in [0.25, 0.3) is 5.91 Å². The Labute approximate surface area is 168 Å². The lowest BCUT2D eigenvalue weighted by molar-refractivity contribution is 0.102. The first-order valence-corrected chi connectivity index (χ1v) is 8.91. The Balaban J connectivity index is 1.76. The van der Waals surface area contributed by atoms with Gasteiger partial charge in [-0.05, 0) is 30.7 Å². The fourth-order valence-electron chi connectivity index (χ4n) is 2.61. The summed E-state index contributed by atoms with van der Waals surface area (Å²) in [4.78, 5) is 16.9. The second-order valence-corrected chi connectivity index (χ2v) is 6.42. The number of anilines is 3. The van der Waals surface area contributed by atoms with Crippen molar-refractivity contribution in [3.8, 4) is 11.5 Å². The molecule has 7 heteroatoms. The van der Waals surface area contributed by atoms with E-state index < -0.39 is 0 Å². The number of nitrogens with one attached hydrogen (secondary N) is 2. The molecule has 28 heavy (non-hydrogen) atoms. The van der Waals surface area contributed by atoms with Gasteiger partial charge in [0.15, 0.2) is 0 Å². The number of pyridine rings is 1. The summed E-state index contributed by atoms with van der Waals surface area (Å²) in [5.74, 6) is 1.20. The zero-order valence-corrected chi connectivity index (χ0v) is 16.5. The van der Waals surface area contributed by atoms with Crippen LogP contribution in [-0.2, 0) is 0 Å². The van der Waals surface area contributed by atoms with Gasteiger partial charge in [-0.2, -0.15) is 0 Å². The Hall–Kier alpha value is -3.25. The van der Waals surface area contributed by atoms with E-state index in [0.29, 0.717) is 33.6 Å². The van der Waals surface area contributed by atoms with Crippen LogP contribution in [-0.4, -0.2) is 25.1 Å². The van der Waals surface area contributed by atoms with Gasteiger partial charge >= 0.3 is 0 Å². The molecule has 0 saturated carbocycles. The number of nitrogens with zero attached hydrogens (tertiary/aromatic N) is 1. The molecule has 0 fully saturated rings. The largest absolute Gasteiger partial charge is 0.495 e. The molecule has 0 saturated heterocycles. The van der Waals surface area contributed by atoms with Gasteiger partial charge in [-0.25, -0.2) is 4.98 Å². The third-order valence-electron chi connectivity index (χ3n) is 4.16. The highest BCUT2D eigenvalue weighted by Crippen LogP contribution is 2.36. The molecule has 0 aliphatic carbocycles. The minimum absolute atomic E-state index is 0.322. The van der Waals surface area contributed by atoms with Crippen LogP contribution < -0.4 is 20.1 Å². The molecule has 6 nitrogen and oxygen atoms in total. The monoisotopic (exact) mass is 397 g/mol. The number of carbonyl (C=O) groups is 1.